The van der Waals surface area contributed by atoms with Crippen LogP contribution in [0.15, 0.2) is 35.2 Å². The van der Waals surface area contributed by atoms with Gasteiger partial charge >= 0.3 is 0 Å². The van der Waals surface area contributed by atoms with Gasteiger partial charge in [0.15, 0.2) is 0 Å². The molecule has 4 atom stereocenters. The molecule has 0 spiro atoms. The molecule has 2 nitrogen and oxygen atoms in total. The van der Waals surface area contributed by atoms with E-state index in [-0.39, 0.29) is 23.7 Å². The summed E-state index contributed by atoms with van der Waals surface area (Å²) in [5.41, 5.74) is 0.943. The molecule has 1 aromatic rings. The topological polar surface area (TPSA) is 29.1 Å². The summed E-state index contributed by atoms with van der Waals surface area (Å²) >= 11 is 1.74. The van der Waals surface area contributed by atoms with E-state index in [9.17, 15) is 9.18 Å². The van der Waals surface area contributed by atoms with Crippen molar-refractivity contribution in [3.8, 4) is 0 Å². The molecule has 4 rings (SSSR count). The van der Waals surface area contributed by atoms with Crippen LogP contribution < -0.4 is 5.32 Å². The summed E-state index contributed by atoms with van der Waals surface area (Å²) < 4.78 is 13.5. The van der Waals surface area contributed by atoms with Crippen LogP contribution in [0.4, 0.5) is 4.39 Å². The van der Waals surface area contributed by atoms with Crippen molar-refractivity contribution >= 4 is 17.7 Å². The van der Waals surface area contributed by atoms with E-state index in [4.69, 9.17) is 0 Å². The minimum Gasteiger partial charge on any atom is -0.349 e. The lowest BCUT2D eigenvalue weighted by atomic mass is 9.92. The highest BCUT2D eigenvalue weighted by Gasteiger charge is 2.40. The number of nitrogens with one attached hydrogen (secondary N) is 1. The Labute approximate surface area is 128 Å². The second-order valence-corrected chi connectivity index (χ2v) is 7.40. The maximum absolute atomic E-state index is 13.5. The molecule has 0 unspecified atom stereocenters. The van der Waals surface area contributed by atoms with Crippen molar-refractivity contribution in [3.05, 3.63) is 41.7 Å². The van der Waals surface area contributed by atoms with Gasteiger partial charge in [0.25, 0.3) is 0 Å². The Morgan fingerprint density at radius 2 is 2.19 bits per heavy atom. The SMILES string of the molecule is O=C(N[C@@H]1CCSc2ccc(F)cc21)[C@@H]1C[C@H]2C=C[C@H]1C2. The van der Waals surface area contributed by atoms with Gasteiger partial charge < -0.3 is 5.32 Å². The molecule has 1 heterocycles. The van der Waals surface area contributed by atoms with E-state index < -0.39 is 0 Å². The summed E-state index contributed by atoms with van der Waals surface area (Å²) in [7, 11) is 0. The highest BCUT2D eigenvalue weighted by molar-refractivity contribution is 7.99. The average Bonchev–Trinajstić information content (AvgIpc) is 3.10. The molecule has 0 radical (unpaired) electrons. The van der Waals surface area contributed by atoms with Crippen LogP contribution in [0.5, 0.6) is 0 Å². The van der Waals surface area contributed by atoms with Crippen LogP contribution in [0.1, 0.15) is 30.9 Å². The molecule has 1 saturated carbocycles. The van der Waals surface area contributed by atoms with Crippen LogP contribution >= 0.6 is 11.8 Å². The van der Waals surface area contributed by atoms with Crippen LogP contribution in [0.2, 0.25) is 0 Å². The number of fused-ring (bicyclic) bond motifs is 3. The number of allylic oxidation sites excluding steroid dienone is 2. The Bertz CT molecular complexity index is 615. The Kier molecular flexibility index (Phi) is 3.29. The first-order chi connectivity index (χ1) is 10.2. The number of carbonyl (C=O) groups is 1. The van der Waals surface area contributed by atoms with E-state index in [0.717, 1.165) is 35.5 Å². The third-order valence-corrected chi connectivity index (χ3v) is 6.07. The number of carbonyl (C=O) groups excluding carboxylic acids is 1. The van der Waals surface area contributed by atoms with Gasteiger partial charge in [-0.25, -0.2) is 4.39 Å². The maximum Gasteiger partial charge on any atom is 0.224 e. The average molecular weight is 303 g/mol. The number of rotatable bonds is 2. The largest absolute Gasteiger partial charge is 0.349 e. The smallest absolute Gasteiger partial charge is 0.224 e. The fourth-order valence-electron chi connectivity index (χ4n) is 3.88. The summed E-state index contributed by atoms with van der Waals surface area (Å²) in [4.78, 5) is 13.7. The standard InChI is InChI=1S/C17H18FNOS/c18-12-3-4-16-14(9-12)15(5-6-21-16)19-17(20)13-8-10-1-2-11(13)7-10/h1-4,9-11,13,15H,5-8H2,(H,19,20)/t10-,11-,13+,15+/m0/s1. The zero-order valence-corrected chi connectivity index (χ0v) is 12.5. The molecule has 2 aliphatic carbocycles. The van der Waals surface area contributed by atoms with Gasteiger partial charge in [0, 0.05) is 16.6 Å². The van der Waals surface area contributed by atoms with Crippen molar-refractivity contribution in [2.24, 2.45) is 17.8 Å². The third-order valence-electron chi connectivity index (χ3n) is 4.94. The molecule has 110 valence electrons. The van der Waals surface area contributed by atoms with Crippen LogP contribution in [0, 0.1) is 23.6 Å². The van der Waals surface area contributed by atoms with Crippen molar-refractivity contribution in [2.45, 2.75) is 30.2 Å². The van der Waals surface area contributed by atoms with Crippen LogP contribution in [0.3, 0.4) is 0 Å². The molecular formula is C17H18FNOS. The van der Waals surface area contributed by atoms with Gasteiger partial charge in [0.2, 0.25) is 5.91 Å². The normalized spacial score (nSPS) is 33.0. The monoisotopic (exact) mass is 303 g/mol. The van der Waals surface area contributed by atoms with Crippen molar-refractivity contribution in [1.82, 2.24) is 5.32 Å². The van der Waals surface area contributed by atoms with Crippen molar-refractivity contribution in [1.29, 1.82) is 0 Å². The van der Waals surface area contributed by atoms with E-state index >= 15 is 0 Å². The Balaban J connectivity index is 1.52. The lowest BCUT2D eigenvalue weighted by molar-refractivity contribution is -0.126. The van der Waals surface area contributed by atoms with E-state index in [1.165, 1.54) is 6.07 Å². The predicted molar refractivity (Wildman–Crippen MR) is 81.5 cm³/mol. The molecule has 3 aliphatic rings. The zero-order chi connectivity index (χ0) is 14.4. The Morgan fingerprint density at radius 1 is 1.29 bits per heavy atom. The molecule has 0 saturated heterocycles. The molecule has 1 amide bonds. The van der Waals surface area contributed by atoms with Gasteiger partial charge in [-0.2, -0.15) is 0 Å². The molecule has 2 bridgehead atoms. The summed E-state index contributed by atoms with van der Waals surface area (Å²) in [6.07, 6.45) is 7.43. The quantitative estimate of drug-likeness (QED) is 0.844. The van der Waals surface area contributed by atoms with Gasteiger partial charge in [-0.3, -0.25) is 4.79 Å². The van der Waals surface area contributed by atoms with Crippen molar-refractivity contribution < 1.29 is 9.18 Å². The molecule has 21 heavy (non-hydrogen) atoms. The van der Waals surface area contributed by atoms with Gasteiger partial charge in [-0.1, -0.05) is 12.2 Å². The maximum atomic E-state index is 13.5. The first-order valence-electron chi connectivity index (χ1n) is 7.61. The molecule has 0 aromatic heterocycles. The van der Waals surface area contributed by atoms with Crippen LogP contribution in [-0.4, -0.2) is 11.7 Å². The lowest BCUT2D eigenvalue weighted by Crippen LogP contribution is -2.36. The minimum absolute atomic E-state index is 0.0347. The minimum atomic E-state index is -0.224. The van der Waals surface area contributed by atoms with Gasteiger partial charge in [-0.05, 0) is 54.9 Å². The molecule has 1 fully saturated rings. The van der Waals surface area contributed by atoms with Gasteiger partial charge in [0.05, 0.1) is 6.04 Å². The summed E-state index contributed by atoms with van der Waals surface area (Å²) in [6.45, 7) is 0. The number of hydrogen-bond acceptors (Lipinski definition) is 2. The van der Waals surface area contributed by atoms with Gasteiger partial charge in [0.1, 0.15) is 5.82 Å². The van der Waals surface area contributed by atoms with E-state index in [2.05, 4.69) is 17.5 Å². The van der Waals surface area contributed by atoms with Crippen molar-refractivity contribution in [3.63, 3.8) is 0 Å². The third kappa shape index (κ3) is 2.39. The zero-order valence-electron chi connectivity index (χ0n) is 11.7. The van der Waals surface area contributed by atoms with Crippen molar-refractivity contribution in [2.75, 3.05) is 5.75 Å². The number of halogens is 1. The highest BCUT2D eigenvalue weighted by atomic mass is 32.2. The van der Waals surface area contributed by atoms with E-state index in [1.54, 1.807) is 17.8 Å². The predicted octanol–water partition coefficient (Wildman–Crippen LogP) is 3.69. The highest BCUT2D eigenvalue weighted by Crippen LogP contribution is 2.44. The van der Waals surface area contributed by atoms with Crippen LogP contribution in [0.25, 0.3) is 0 Å². The molecular weight excluding hydrogens is 285 g/mol. The van der Waals surface area contributed by atoms with E-state index in [0.29, 0.717) is 11.8 Å². The first kappa shape index (κ1) is 13.4. The van der Waals surface area contributed by atoms with Crippen LogP contribution in [-0.2, 0) is 4.79 Å². The first-order valence-corrected chi connectivity index (χ1v) is 8.60. The second kappa shape index (κ2) is 5.16. The Hall–Kier alpha value is -1.29. The number of amides is 1. The fraction of sp³-hybridized carbons (Fsp3) is 0.471. The number of thioether (sulfide) groups is 1. The number of hydrogen-bond donors (Lipinski definition) is 1. The molecule has 1 aromatic carbocycles. The summed E-state index contributed by atoms with van der Waals surface area (Å²) in [5.74, 6) is 2.03. The summed E-state index contributed by atoms with van der Waals surface area (Å²) in [6, 6.07) is 4.87. The summed E-state index contributed by atoms with van der Waals surface area (Å²) in [5, 5.41) is 3.18. The van der Waals surface area contributed by atoms with E-state index in [1.807, 2.05) is 6.07 Å². The van der Waals surface area contributed by atoms with Gasteiger partial charge in [-0.15, -0.1) is 11.8 Å². The molecule has 1 N–H and O–H groups in total. The Morgan fingerprint density at radius 3 is 2.95 bits per heavy atom. The fourth-order valence-corrected chi connectivity index (χ4v) is 4.98. The molecule has 1 aliphatic heterocycles. The second-order valence-electron chi connectivity index (χ2n) is 6.27. The molecule has 4 heteroatoms. The number of benzene rings is 1. The lowest BCUT2D eigenvalue weighted by Gasteiger charge is -2.28.